The topological polar surface area (TPSA) is 34.9 Å². The van der Waals surface area contributed by atoms with Crippen LogP contribution in [0.1, 0.15) is 37.6 Å². The minimum Gasteiger partial charge on any atom is -0.299 e. The summed E-state index contributed by atoms with van der Waals surface area (Å²) in [5.41, 5.74) is 1.47. The molecule has 21 heavy (non-hydrogen) atoms. The molecular weight excluding hydrogens is 307 g/mol. The van der Waals surface area contributed by atoms with Gasteiger partial charge >= 0.3 is 0 Å². The van der Waals surface area contributed by atoms with E-state index in [4.69, 9.17) is 23.2 Å². The number of carbonyl (C=O) groups is 1. The van der Waals surface area contributed by atoms with Gasteiger partial charge < -0.3 is 0 Å². The molecule has 0 spiro atoms. The van der Waals surface area contributed by atoms with Crippen LogP contribution in [-0.2, 0) is 17.6 Å². The highest BCUT2D eigenvalue weighted by atomic mass is 35.5. The van der Waals surface area contributed by atoms with Gasteiger partial charge in [0.1, 0.15) is 5.78 Å². The number of hydrogen-bond acceptors (Lipinski definition) is 2. The van der Waals surface area contributed by atoms with Gasteiger partial charge in [0.05, 0.1) is 12.1 Å². The Bertz CT molecular complexity index is 617. The van der Waals surface area contributed by atoms with Crippen LogP contribution in [0.5, 0.6) is 0 Å². The van der Waals surface area contributed by atoms with Gasteiger partial charge in [-0.05, 0) is 37.1 Å². The molecular formula is C16H18Cl2N2O. The average molecular weight is 325 g/mol. The van der Waals surface area contributed by atoms with Crippen LogP contribution < -0.4 is 0 Å². The van der Waals surface area contributed by atoms with E-state index in [0.717, 1.165) is 12.1 Å². The molecule has 0 bridgehead atoms. The number of halogens is 2. The van der Waals surface area contributed by atoms with Crippen LogP contribution in [0.4, 0.5) is 0 Å². The fourth-order valence-corrected chi connectivity index (χ4v) is 2.60. The highest BCUT2D eigenvalue weighted by molar-refractivity contribution is 6.36. The largest absolute Gasteiger partial charge is 0.299 e. The highest BCUT2D eigenvalue weighted by Gasteiger charge is 2.13. The number of aromatic nitrogens is 2. The van der Waals surface area contributed by atoms with Crippen molar-refractivity contribution < 1.29 is 4.79 Å². The molecule has 0 saturated carbocycles. The molecule has 1 aromatic carbocycles. The second kappa shape index (κ2) is 7.10. The average Bonchev–Trinajstić information content (AvgIpc) is 2.90. The molecule has 0 N–H and O–H groups in total. The SMILES string of the molecule is CCC(C)n1ccc(CC(=O)Cc2c(Cl)cccc2Cl)n1. The summed E-state index contributed by atoms with van der Waals surface area (Å²) in [5, 5.41) is 5.49. The Balaban J connectivity index is 2.03. The normalized spacial score (nSPS) is 12.4. The molecule has 2 rings (SSSR count). The smallest absolute Gasteiger partial charge is 0.143 e. The lowest BCUT2D eigenvalue weighted by atomic mass is 10.1. The standard InChI is InChI=1S/C16H18Cl2N2O/c1-3-11(2)20-8-7-12(19-20)9-13(21)10-14-15(17)5-4-6-16(14)18/h4-8,11H,3,9-10H2,1-2H3. The third-order valence-electron chi connectivity index (χ3n) is 3.52. The van der Waals surface area contributed by atoms with Gasteiger partial charge in [-0.15, -0.1) is 0 Å². The van der Waals surface area contributed by atoms with Gasteiger partial charge in [-0.1, -0.05) is 36.2 Å². The fraction of sp³-hybridized carbons (Fsp3) is 0.375. The lowest BCUT2D eigenvalue weighted by molar-refractivity contribution is -0.117. The Morgan fingerprint density at radius 2 is 1.90 bits per heavy atom. The van der Waals surface area contributed by atoms with Gasteiger partial charge in [-0.25, -0.2) is 0 Å². The van der Waals surface area contributed by atoms with Gasteiger partial charge in [-0.3, -0.25) is 9.48 Å². The molecule has 0 aliphatic heterocycles. The first kappa shape index (κ1) is 16.1. The van der Waals surface area contributed by atoms with Crippen LogP contribution in [-0.4, -0.2) is 15.6 Å². The van der Waals surface area contributed by atoms with Crippen molar-refractivity contribution in [3.63, 3.8) is 0 Å². The van der Waals surface area contributed by atoms with E-state index >= 15 is 0 Å². The molecule has 1 aromatic heterocycles. The fourth-order valence-electron chi connectivity index (χ4n) is 2.07. The van der Waals surface area contributed by atoms with Crippen molar-refractivity contribution in [1.82, 2.24) is 9.78 Å². The Morgan fingerprint density at radius 3 is 2.52 bits per heavy atom. The Labute approximate surface area is 134 Å². The molecule has 5 heteroatoms. The summed E-state index contributed by atoms with van der Waals surface area (Å²) in [6.07, 6.45) is 3.45. The van der Waals surface area contributed by atoms with Crippen LogP contribution in [0.3, 0.4) is 0 Å². The summed E-state index contributed by atoms with van der Waals surface area (Å²) in [6, 6.07) is 7.48. The monoisotopic (exact) mass is 324 g/mol. The van der Waals surface area contributed by atoms with Crippen molar-refractivity contribution in [1.29, 1.82) is 0 Å². The molecule has 0 radical (unpaired) electrons. The summed E-state index contributed by atoms with van der Waals surface area (Å²) in [4.78, 5) is 12.2. The number of Topliss-reactive ketones (excluding diaryl/α,β-unsaturated/α-hetero) is 1. The number of benzene rings is 1. The number of nitrogens with zero attached hydrogens (tertiary/aromatic N) is 2. The molecule has 0 amide bonds. The molecule has 3 nitrogen and oxygen atoms in total. The van der Waals surface area contributed by atoms with Crippen molar-refractivity contribution in [2.75, 3.05) is 0 Å². The van der Waals surface area contributed by atoms with E-state index in [9.17, 15) is 4.79 Å². The Hall–Kier alpha value is -1.32. The lowest BCUT2D eigenvalue weighted by Crippen LogP contribution is -2.10. The van der Waals surface area contributed by atoms with Crippen LogP contribution in [0.25, 0.3) is 0 Å². The molecule has 0 aliphatic carbocycles. The van der Waals surface area contributed by atoms with Crippen LogP contribution in [0.15, 0.2) is 30.5 Å². The van der Waals surface area contributed by atoms with Crippen LogP contribution in [0, 0.1) is 0 Å². The van der Waals surface area contributed by atoms with Crippen molar-refractivity contribution in [2.45, 2.75) is 39.2 Å². The summed E-state index contributed by atoms with van der Waals surface area (Å²) in [7, 11) is 0. The van der Waals surface area contributed by atoms with Gasteiger partial charge in [0.2, 0.25) is 0 Å². The van der Waals surface area contributed by atoms with E-state index in [-0.39, 0.29) is 12.2 Å². The maximum Gasteiger partial charge on any atom is 0.143 e. The first-order valence-corrected chi connectivity index (χ1v) is 7.75. The molecule has 2 aromatic rings. The van der Waals surface area contributed by atoms with E-state index in [1.165, 1.54) is 0 Å². The first-order valence-electron chi connectivity index (χ1n) is 7.00. The van der Waals surface area contributed by atoms with Crippen LogP contribution in [0.2, 0.25) is 10.0 Å². The lowest BCUT2D eigenvalue weighted by Gasteiger charge is -2.08. The van der Waals surface area contributed by atoms with E-state index in [1.807, 2.05) is 16.9 Å². The summed E-state index contributed by atoms with van der Waals surface area (Å²) in [5.74, 6) is 0.0550. The third-order valence-corrected chi connectivity index (χ3v) is 4.23. The predicted molar refractivity (Wildman–Crippen MR) is 86.1 cm³/mol. The first-order chi connectivity index (χ1) is 10.0. The van der Waals surface area contributed by atoms with Gasteiger partial charge in [0, 0.05) is 28.7 Å². The molecule has 1 heterocycles. The third kappa shape index (κ3) is 4.08. The minimum atomic E-state index is 0.0550. The van der Waals surface area contributed by atoms with Crippen molar-refractivity contribution in [3.8, 4) is 0 Å². The van der Waals surface area contributed by atoms with E-state index in [2.05, 4.69) is 18.9 Å². The molecule has 1 atom stereocenters. The summed E-state index contributed by atoms with van der Waals surface area (Å²) >= 11 is 12.2. The van der Waals surface area contributed by atoms with Gasteiger partial charge in [-0.2, -0.15) is 5.10 Å². The number of ketones is 1. The Kier molecular flexibility index (Phi) is 5.43. The molecule has 0 fully saturated rings. The number of hydrogen-bond donors (Lipinski definition) is 0. The second-order valence-electron chi connectivity index (χ2n) is 5.14. The summed E-state index contributed by atoms with van der Waals surface area (Å²) in [6.45, 7) is 4.21. The maximum atomic E-state index is 12.2. The zero-order chi connectivity index (χ0) is 15.4. The molecule has 0 aliphatic rings. The van der Waals surface area contributed by atoms with Crippen molar-refractivity contribution in [2.24, 2.45) is 0 Å². The van der Waals surface area contributed by atoms with Crippen LogP contribution >= 0.6 is 23.2 Å². The molecule has 112 valence electrons. The quantitative estimate of drug-likeness (QED) is 0.783. The number of carbonyl (C=O) groups excluding carboxylic acids is 1. The second-order valence-corrected chi connectivity index (χ2v) is 5.95. The molecule has 1 unspecified atom stereocenters. The van der Waals surface area contributed by atoms with E-state index < -0.39 is 0 Å². The van der Waals surface area contributed by atoms with Crippen molar-refractivity contribution >= 4 is 29.0 Å². The highest BCUT2D eigenvalue weighted by Crippen LogP contribution is 2.25. The summed E-state index contributed by atoms with van der Waals surface area (Å²) < 4.78 is 1.89. The predicted octanol–water partition coefficient (Wildman–Crippen LogP) is 4.52. The van der Waals surface area contributed by atoms with E-state index in [1.54, 1.807) is 18.2 Å². The number of rotatable bonds is 6. The zero-order valence-corrected chi connectivity index (χ0v) is 13.7. The van der Waals surface area contributed by atoms with E-state index in [0.29, 0.717) is 28.1 Å². The van der Waals surface area contributed by atoms with Gasteiger partial charge in [0.15, 0.2) is 0 Å². The zero-order valence-electron chi connectivity index (χ0n) is 12.1. The van der Waals surface area contributed by atoms with Gasteiger partial charge in [0.25, 0.3) is 0 Å². The Morgan fingerprint density at radius 1 is 1.24 bits per heavy atom. The minimum absolute atomic E-state index is 0.0550. The van der Waals surface area contributed by atoms with Crippen molar-refractivity contribution in [3.05, 3.63) is 51.8 Å². The maximum absolute atomic E-state index is 12.2. The molecule has 0 saturated heterocycles.